The Hall–Kier alpha value is -7.42. The minimum absolute atomic E-state index is 0.505. The summed E-state index contributed by atoms with van der Waals surface area (Å²) in [5.41, 5.74) is 16.3. The molecule has 9 aromatic carbocycles. The van der Waals surface area contributed by atoms with E-state index in [-0.39, 0.29) is 0 Å². The third-order valence-electron chi connectivity index (χ3n) is 11.8. The number of anilines is 3. The SMILES string of the molecule is c1ccc(-c2cc(N(c3ccccc3)c3ccc4c(c3)C(c3ccccc3)(c3ccccc3)c3ccccc3-4)cc3c4ccccc4n(-c4ccccc4)c23)cc1. The van der Waals surface area contributed by atoms with E-state index in [4.69, 9.17) is 0 Å². The molecule has 0 saturated heterocycles. The van der Waals surface area contributed by atoms with Crippen molar-refractivity contribution in [2.24, 2.45) is 0 Å². The third-order valence-corrected chi connectivity index (χ3v) is 11.8. The van der Waals surface area contributed by atoms with Gasteiger partial charge < -0.3 is 9.47 Å². The highest BCUT2D eigenvalue weighted by molar-refractivity contribution is 6.15. The van der Waals surface area contributed by atoms with Crippen LogP contribution in [0.5, 0.6) is 0 Å². The van der Waals surface area contributed by atoms with Crippen LogP contribution >= 0.6 is 0 Å². The van der Waals surface area contributed by atoms with Crippen LogP contribution in [0.2, 0.25) is 0 Å². The van der Waals surface area contributed by atoms with E-state index in [1.165, 1.54) is 66.3 Å². The molecule has 0 bridgehead atoms. The predicted octanol–water partition coefficient (Wildman–Crippen LogP) is 14.3. The molecule has 1 heterocycles. The number of benzene rings is 9. The molecule has 2 heteroatoms. The Morgan fingerprint density at radius 2 is 0.912 bits per heavy atom. The topological polar surface area (TPSA) is 8.17 Å². The van der Waals surface area contributed by atoms with Crippen LogP contribution in [0, 0.1) is 0 Å². The fourth-order valence-electron chi connectivity index (χ4n) is 9.49. The number of fused-ring (bicyclic) bond motifs is 6. The summed E-state index contributed by atoms with van der Waals surface area (Å²) in [5, 5.41) is 2.43. The number of hydrogen-bond acceptors (Lipinski definition) is 1. The van der Waals surface area contributed by atoms with Crippen molar-refractivity contribution in [1.82, 2.24) is 4.57 Å². The van der Waals surface area contributed by atoms with E-state index in [9.17, 15) is 0 Å². The fourth-order valence-corrected chi connectivity index (χ4v) is 9.49. The summed E-state index contributed by atoms with van der Waals surface area (Å²) in [5.74, 6) is 0. The maximum atomic E-state index is 2.46. The number of nitrogens with zero attached hydrogens (tertiary/aromatic N) is 2. The Labute approximate surface area is 333 Å². The molecular formula is C55H38N2. The molecule has 57 heavy (non-hydrogen) atoms. The van der Waals surface area contributed by atoms with Crippen LogP contribution in [0.15, 0.2) is 231 Å². The van der Waals surface area contributed by atoms with E-state index in [2.05, 4.69) is 240 Å². The van der Waals surface area contributed by atoms with Gasteiger partial charge in [-0.05, 0) is 93.5 Å². The third kappa shape index (κ3) is 5.11. The smallest absolute Gasteiger partial charge is 0.0714 e. The van der Waals surface area contributed by atoms with Gasteiger partial charge in [0.05, 0.1) is 16.4 Å². The van der Waals surface area contributed by atoms with Crippen molar-refractivity contribution in [3.8, 4) is 27.9 Å². The first-order valence-electron chi connectivity index (χ1n) is 19.7. The van der Waals surface area contributed by atoms with Gasteiger partial charge in [0.15, 0.2) is 0 Å². The molecular weight excluding hydrogens is 689 g/mol. The quantitative estimate of drug-likeness (QED) is 0.159. The second kappa shape index (κ2) is 13.4. The summed E-state index contributed by atoms with van der Waals surface area (Å²) >= 11 is 0. The number of hydrogen-bond donors (Lipinski definition) is 0. The maximum absolute atomic E-state index is 2.46. The lowest BCUT2D eigenvalue weighted by Gasteiger charge is -2.35. The molecule has 2 nitrogen and oxygen atoms in total. The van der Waals surface area contributed by atoms with Crippen molar-refractivity contribution < 1.29 is 0 Å². The maximum Gasteiger partial charge on any atom is 0.0714 e. The highest BCUT2D eigenvalue weighted by Gasteiger charge is 2.46. The lowest BCUT2D eigenvalue weighted by Crippen LogP contribution is -2.28. The van der Waals surface area contributed by atoms with Crippen LogP contribution in [-0.2, 0) is 5.41 Å². The molecule has 0 N–H and O–H groups in total. The Bertz CT molecular complexity index is 3000. The van der Waals surface area contributed by atoms with Gasteiger partial charge in [-0.3, -0.25) is 0 Å². The average molecular weight is 727 g/mol. The average Bonchev–Trinajstić information content (AvgIpc) is 3.78. The molecule has 0 saturated carbocycles. The summed E-state index contributed by atoms with van der Waals surface area (Å²) in [6.45, 7) is 0. The highest BCUT2D eigenvalue weighted by atomic mass is 15.1. The monoisotopic (exact) mass is 726 g/mol. The van der Waals surface area contributed by atoms with E-state index < -0.39 is 5.41 Å². The van der Waals surface area contributed by atoms with Gasteiger partial charge in [0.1, 0.15) is 0 Å². The van der Waals surface area contributed by atoms with Gasteiger partial charge >= 0.3 is 0 Å². The van der Waals surface area contributed by atoms with Crippen molar-refractivity contribution >= 4 is 38.9 Å². The molecule has 0 spiro atoms. The Kier molecular flexibility index (Phi) is 7.75. The van der Waals surface area contributed by atoms with Crippen molar-refractivity contribution in [2.75, 3.05) is 4.90 Å². The van der Waals surface area contributed by atoms with Gasteiger partial charge in [0, 0.05) is 39.1 Å². The standard InChI is InChI=1S/C55H38N2/c1-6-20-39(21-7-1)49-36-45(37-50-48-31-17-19-33-53(48)57(54(49)50)43-28-14-5-15-29-43)56(42-26-12-4-13-27-42)44-34-35-47-46-30-16-18-32-51(46)55(52(47)38-44,40-22-8-2-9-23-40)41-24-10-3-11-25-41/h1-38H. The van der Waals surface area contributed by atoms with Gasteiger partial charge in [-0.25, -0.2) is 0 Å². The molecule has 11 rings (SSSR count). The molecule has 10 aromatic rings. The summed E-state index contributed by atoms with van der Waals surface area (Å²) in [4.78, 5) is 2.45. The summed E-state index contributed by atoms with van der Waals surface area (Å²) in [7, 11) is 0. The summed E-state index contributed by atoms with van der Waals surface area (Å²) in [6.07, 6.45) is 0. The van der Waals surface area contributed by atoms with E-state index in [1.807, 2.05) is 0 Å². The Morgan fingerprint density at radius 3 is 1.61 bits per heavy atom. The number of aromatic nitrogens is 1. The van der Waals surface area contributed by atoms with Crippen molar-refractivity contribution in [2.45, 2.75) is 5.41 Å². The molecule has 268 valence electrons. The first-order chi connectivity index (χ1) is 28.3. The van der Waals surface area contributed by atoms with Crippen LogP contribution in [0.1, 0.15) is 22.3 Å². The zero-order valence-corrected chi connectivity index (χ0v) is 31.3. The first-order valence-corrected chi connectivity index (χ1v) is 19.7. The zero-order valence-electron chi connectivity index (χ0n) is 31.3. The van der Waals surface area contributed by atoms with Crippen molar-refractivity contribution in [3.05, 3.63) is 253 Å². The fraction of sp³-hybridized carbons (Fsp3) is 0.0182. The van der Waals surface area contributed by atoms with Crippen molar-refractivity contribution in [1.29, 1.82) is 0 Å². The van der Waals surface area contributed by atoms with E-state index in [0.717, 1.165) is 22.7 Å². The summed E-state index contributed by atoms with van der Waals surface area (Å²) < 4.78 is 2.43. The second-order valence-electron chi connectivity index (χ2n) is 14.9. The Balaban J connectivity index is 1.22. The van der Waals surface area contributed by atoms with Crippen LogP contribution in [0.3, 0.4) is 0 Å². The molecule has 1 aromatic heterocycles. The van der Waals surface area contributed by atoms with Crippen molar-refractivity contribution in [3.63, 3.8) is 0 Å². The molecule has 0 radical (unpaired) electrons. The van der Waals surface area contributed by atoms with Crippen LogP contribution in [-0.4, -0.2) is 4.57 Å². The minimum atomic E-state index is -0.505. The Morgan fingerprint density at radius 1 is 0.351 bits per heavy atom. The van der Waals surface area contributed by atoms with Crippen LogP contribution in [0.4, 0.5) is 17.1 Å². The van der Waals surface area contributed by atoms with E-state index in [1.54, 1.807) is 0 Å². The molecule has 0 atom stereocenters. The van der Waals surface area contributed by atoms with Gasteiger partial charge in [0.25, 0.3) is 0 Å². The molecule has 0 amide bonds. The number of rotatable bonds is 7. The van der Waals surface area contributed by atoms with Gasteiger partial charge in [-0.2, -0.15) is 0 Å². The molecule has 0 fully saturated rings. The second-order valence-corrected chi connectivity index (χ2v) is 14.9. The lowest BCUT2D eigenvalue weighted by molar-refractivity contribution is 0.768. The summed E-state index contributed by atoms with van der Waals surface area (Å²) in [6, 6.07) is 84.3. The van der Waals surface area contributed by atoms with Gasteiger partial charge in [-0.1, -0.05) is 176 Å². The zero-order chi connectivity index (χ0) is 37.8. The molecule has 1 aliphatic rings. The predicted molar refractivity (Wildman–Crippen MR) is 238 cm³/mol. The van der Waals surface area contributed by atoms with Gasteiger partial charge in [0.2, 0.25) is 0 Å². The highest BCUT2D eigenvalue weighted by Crippen LogP contribution is 2.57. The van der Waals surface area contributed by atoms with Crippen LogP contribution in [0.25, 0.3) is 49.7 Å². The molecule has 0 aliphatic heterocycles. The first kappa shape index (κ1) is 33.0. The van der Waals surface area contributed by atoms with E-state index in [0.29, 0.717) is 0 Å². The minimum Gasteiger partial charge on any atom is -0.310 e. The lowest BCUT2D eigenvalue weighted by atomic mass is 9.67. The normalized spacial score (nSPS) is 12.7. The van der Waals surface area contributed by atoms with E-state index >= 15 is 0 Å². The largest absolute Gasteiger partial charge is 0.310 e. The van der Waals surface area contributed by atoms with Crippen LogP contribution < -0.4 is 4.90 Å². The molecule has 1 aliphatic carbocycles. The van der Waals surface area contributed by atoms with Gasteiger partial charge in [-0.15, -0.1) is 0 Å². The molecule has 0 unspecified atom stereocenters. The number of para-hydroxylation sites is 3.